The first-order valence-electron chi connectivity index (χ1n) is 17.0. The van der Waals surface area contributed by atoms with E-state index in [4.69, 9.17) is 27.1 Å². The van der Waals surface area contributed by atoms with E-state index in [1.165, 1.54) is 18.2 Å². The van der Waals surface area contributed by atoms with Crippen LogP contribution in [0.4, 0.5) is 26.7 Å². The lowest BCUT2D eigenvalue weighted by Crippen LogP contribution is -2.49. The van der Waals surface area contributed by atoms with Crippen LogP contribution in [0.1, 0.15) is 98.7 Å². The highest BCUT2D eigenvalue weighted by Crippen LogP contribution is 2.49. The largest absolute Gasteiger partial charge is 0.447 e. The number of hydrogen-bond acceptors (Lipinski definition) is 7. The predicted octanol–water partition coefficient (Wildman–Crippen LogP) is 8.04. The molecule has 4 aromatic rings. The van der Waals surface area contributed by atoms with Crippen LogP contribution in [0, 0.1) is 5.41 Å². The lowest BCUT2D eigenvalue weighted by molar-refractivity contribution is -0.164. The summed E-state index contributed by atoms with van der Waals surface area (Å²) in [5, 5.41) is 6.45. The predicted molar refractivity (Wildman–Crippen MR) is 187 cm³/mol. The minimum absolute atomic E-state index is 0.0169. The summed E-state index contributed by atoms with van der Waals surface area (Å²) in [4.78, 5) is 41.4. The van der Waals surface area contributed by atoms with Crippen molar-refractivity contribution in [1.82, 2.24) is 30.0 Å². The van der Waals surface area contributed by atoms with Gasteiger partial charge in [-0.1, -0.05) is 44.5 Å². The first kappa shape index (κ1) is 37.9. The normalized spacial score (nSPS) is 16.5. The molecule has 2 aliphatic rings. The molecule has 2 aromatic carbocycles. The maximum atomic E-state index is 14.6. The van der Waals surface area contributed by atoms with Gasteiger partial charge in [-0.15, -0.1) is 0 Å². The fourth-order valence-electron chi connectivity index (χ4n) is 5.80. The van der Waals surface area contributed by atoms with E-state index in [0.717, 1.165) is 34.4 Å². The summed E-state index contributed by atoms with van der Waals surface area (Å²) in [6, 6.07) is 11.4. The Balaban J connectivity index is 1.43. The number of halogens is 6. The van der Waals surface area contributed by atoms with Crippen LogP contribution in [-0.2, 0) is 4.74 Å². The molecule has 0 unspecified atom stereocenters. The van der Waals surface area contributed by atoms with Gasteiger partial charge in [-0.2, -0.15) is 18.3 Å². The Morgan fingerprint density at radius 1 is 1.11 bits per heavy atom. The summed E-state index contributed by atoms with van der Waals surface area (Å²) in [6.45, 7) is 5.45. The Morgan fingerprint density at radius 3 is 2.49 bits per heavy atom. The van der Waals surface area contributed by atoms with E-state index >= 15 is 0 Å². The number of nitrogens with one attached hydrogen (secondary N) is 1. The highest BCUT2D eigenvalue weighted by Gasteiger charge is 2.64. The zero-order valence-corrected chi connectivity index (χ0v) is 29.9. The van der Waals surface area contributed by atoms with Gasteiger partial charge >= 0.3 is 12.3 Å². The number of aliphatic imine (C=N–C) groups is 1. The van der Waals surface area contributed by atoms with Gasteiger partial charge in [0.15, 0.2) is 11.8 Å². The number of hydrogen-bond donors (Lipinski definition) is 2. The molecule has 2 fully saturated rings. The lowest BCUT2D eigenvalue weighted by atomic mass is 9.92. The maximum absolute atomic E-state index is 14.6. The number of alkyl carbamates (subject to hydrolysis) is 1. The number of carbonyl (C=O) groups is 2. The summed E-state index contributed by atoms with van der Waals surface area (Å²) in [5.74, 6) is -1.29. The molecule has 2 amide bonds. The molecule has 2 heterocycles. The second kappa shape index (κ2) is 14.5. The molecule has 53 heavy (non-hydrogen) atoms. The standard InChI is InChI=1S/C36H38ClF5N8O3/c1-34(2,3)14-15-44-32(43)49(31(51)23-8-11-26-21(16-23)7-10-25(47-26)20-4-5-20)28(18-53-33(52)48-35(12-13-35)36(40,41)42)22-6-9-24(37)27(17-22)50-30(29(38)39)45-19-46-50/h6-11,16-17,19-20,28-29H,4-5,12-15,18H2,1-3H3,(H2,43,44)(H,48,52)/t28-/m1/s1. The van der Waals surface area contributed by atoms with Crippen LogP contribution in [0.3, 0.4) is 0 Å². The van der Waals surface area contributed by atoms with E-state index in [-0.39, 0.29) is 52.6 Å². The number of benzene rings is 2. The molecular weight excluding hydrogens is 723 g/mol. The van der Waals surface area contributed by atoms with Crippen molar-refractivity contribution >= 4 is 40.5 Å². The van der Waals surface area contributed by atoms with E-state index in [1.807, 2.05) is 38.2 Å². The van der Waals surface area contributed by atoms with Crippen LogP contribution >= 0.6 is 11.6 Å². The third kappa shape index (κ3) is 8.53. The third-order valence-corrected chi connectivity index (χ3v) is 9.54. The van der Waals surface area contributed by atoms with Crippen molar-refractivity contribution in [2.75, 3.05) is 13.2 Å². The van der Waals surface area contributed by atoms with Crippen LogP contribution in [0.15, 0.2) is 59.9 Å². The van der Waals surface area contributed by atoms with Gasteiger partial charge in [0.05, 0.1) is 22.3 Å². The van der Waals surface area contributed by atoms with Crippen LogP contribution in [0.25, 0.3) is 16.6 Å². The number of rotatable bonds is 11. The molecule has 2 aromatic heterocycles. The molecule has 2 saturated carbocycles. The van der Waals surface area contributed by atoms with Crippen LogP contribution in [0.5, 0.6) is 0 Å². The summed E-state index contributed by atoms with van der Waals surface area (Å²) in [5.41, 5.74) is 5.89. The van der Waals surface area contributed by atoms with Gasteiger partial charge in [-0.05, 0) is 79.5 Å². The van der Waals surface area contributed by atoms with E-state index in [1.54, 1.807) is 18.2 Å². The Labute approximate surface area is 306 Å². The molecule has 2 aliphatic carbocycles. The number of alkyl halides is 5. The van der Waals surface area contributed by atoms with Crippen molar-refractivity contribution in [3.05, 3.63) is 82.5 Å². The molecule has 0 aliphatic heterocycles. The summed E-state index contributed by atoms with van der Waals surface area (Å²) in [7, 11) is 0. The van der Waals surface area contributed by atoms with Crippen molar-refractivity contribution in [3.63, 3.8) is 0 Å². The monoisotopic (exact) mass is 760 g/mol. The summed E-state index contributed by atoms with van der Waals surface area (Å²) >= 11 is 6.45. The quantitative estimate of drug-likeness (QED) is 0.0896. The van der Waals surface area contributed by atoms with E-state index in [2.05, 4.69) is 15.1 Å². The fourth-order valence-corrected chi connectivity index (χ4v) is 6.00. The number of fused-ring (bicyclic) bond motifs is 1. The number of nitrogens with zero attached hydrogens (tertiary/aromatic N) is 6. The van der Waals surface area contributed by atoms with Gasteiger partial charge in [-0.25, -0.2) is 23.2 Å². The van der Waals surface area contributed by atoms with Crippen molar-refractivity contribution < 1.29 is 36.3 Å². The van der Waals surface area contributed by atoms with E-state index < -0.39 is 48.6 Å². The number of guanidine groups is 1. The zero-order valence-electron chi connectivity index (χ0n) is 29.1. The zero-order chi connectivity index (χ0) is 38.3. The molecular formula is C36H38ClF5N8O3. The second-order valence-corrected chi connectivity index (χ2v) is 14.9. The highest BCUT2D eigenvalue weighted by atomic mass is 35.5. The molecule has 0 radical (unpaired) electrons. The van der Waals surface area contributed by atoms with Crippen LogP contribution < -0.4 is 11.1 Å². The number of amides is 2. The topological polar surface area (TPSA) is 141 Å². The molecule has 0 spiro atoms. The molecule has 3 N–H and O–H groups in total. The number of nitrogens with two attached hydrogens (primary N) is 1. The molecule has 0 saturated heterocycles. The molecule has 0 bridgehead atoms. The Hall–Kier alpha value is -4.86. The molecule has 11 nitrogen and oxygen atoms in total. The number of carbonyl (C=O) groups excluding carboxylic acids is 2. The molecule has 282 valence electrons. The molecule has 6 rings (SSSR count). The van der Waals surface area contributed by atoms with Crippen molar-refractivity contribution in [1.29, 1.82) is 0 Å². The summed E-state index contributed by atoms with van der Waals surface area (Å²) < 4.78 is 75.0. The third-order valence-electron chi connectivity index (χ3n) is 9.22. The van der Waals surface area contributed by atoms with Crippen molar-refractivity contribution in [3.8, 4) is 5.69 Å². The fraction of sp³-hybridized carbons (Fsp3) is 0.444. The van der Waals surface area contributed by atoms with Gasteiger partial charge in [0.25, 0.3) is 12.3 Å². The minimum Gasteiger partial charge on any atom is -0.447 e. The average molecular weight is 761 g/mol. The van der Waals surface area contributed by atoms with Crippen LogP contribution in [0.2, 0.25) is 5.02 Å². The Kier molecular flexibility index (Phi) is 10.4. The SMILES string of the molecule is CC(C)(C)CCN=C(N)N(C(=O)c1ccc2nc(C3CC3)ccc2c1)[C@H](COC(=O)NC1(C(F)(F)F)CC1)c1ccc(Cl)c(-n2ncnc2C(F)F)c1. The van der Waals surface area contributed by atoms with Gasteiger partial charge in [0, 0.05) is 29.1 Å². The van der Waals surface area contributed by atoms with E-state index in [9.17, 15) is 31.5 Å². The average Bonchev–Trinajstić information content (AvgIpc) is 4.03. The van der Waals surface area contributed by atoms with Gasteiger partial charge in [0.1, 0.15) is 18.5 Å². The Morgan fingerprint density at radius 2 is 1.85 bits per heavy atom. The first-order chi connectivity index (χ1) is 25.0. The number of pyridine rings is 1. The second-order valence-electron chi connectivity index (χ2n) is 14.5. The van der Waals surface area contributed by atoms with Gasteiger partial charge < -0.3 is 15.8 Å². The number of aromatic nitrogens is 4. The summed E-state index contributed by atoms with van der Waals surface area (Å²) in [6.07, 6.45) is -6.17. The van der Waals surface area contributed by atoms with E-state index in [0.29, 0.717) is 23.2 Å². The van der Waals surface area contributed by atoms with Gasteiger partial charge in [-0.3, -0.25) is 19.7 Å². The molecule has 17 heteroatoms. The number of ether oxygens (including phenoxy) is 1. The van der Waals surface area contributed by atoms with Crippen molar-refractivity contribution in [2.24, 2.45) is 16.1 Å². The smallest absolute Gasteiger partial charge is 0.411 e. The van der Waals surface area contributed by atoms with Crippen molar-refractivity contribution in [2.45, 2.75) is 83.0 Å². The van der Waals surface area contributed by atoms with Crippen LogP contribution in [-0.4, -0.2) is 67.5 Å². The van der Waals surface area contributed by atoms with Gasteiger partial charge in [0.2, 0.25) is 0 Å². The molecule has 1 atom stereocenters. The minimum atomic E-state index is -4.72. The Bertz CT molecular complexity index is 2040. The first-order valence-corrected chi connectivity index (χ1v) is 17.4. The maximum Gasteiger partial charge on any atom is 0.411 e. The lowest BCUT2D eigenvalue weighted by Gasteiger charge is -2.32. The highest BCUT2D eigenvalue weighted by molar-refractivity contribution is 6.32.